The second-order valence-electron chi connectivity index (χ2n) is 5.25. The number of methoxy groups -OCH3 is 1. The molecule has 25 heavy (non-hydrogen) atoms. The van der Waals surface area contributed by atoms with Crippen molar-refractivity contribution < 1.29 is 19.1 Å². The molecule has 2 aromatic carbocycles. The number of hydrogen-bond acceptors (Lipinski definition) is 4. The van der Waals surface area contributed by atoms with Gasteiger partial charge in [-0.1, -0.05) is 42.5 Å². The number of ether oxygens (including phenoxy) is 2. The van der Waals surface area contributed by atoms with Crippen molar-refractivity contribution in [2.24, 2.45) is 0 Å². The van der Waals surface area contributed by atoms with Crippen molar-refractivity contribution in [2.45, 2.75) is 13.8 Å². The molecular formula is C20H21NO4. The van der Waals surface area contributed by atoms with Gasteiger partial charge in [-0.25, -0.2) is 4.79 Å². The Morgan fingerprint density at radius 3 is 2.12 bits per heavy atom. The van der Waals surface area contributed by atoms with Crippen molar-refractivity contribution in [3.63, 3.8) is 0 Å². The molecule has 0 aliphatic rings. The maximum atomic E-state index is 12.6. The third kappa shape index (κ3) is 4.70. The van der Waals surface area contributed by atoms with Gasteiger partial charge in [-0.15, -0.1) is 0 Å². The predicted octanol–water partition coefficient (Wildman–Crippen LogP) is 3.26. The van der Waals surface area contributed by atoms with Crippen LogP contribution in [-0.2, 0) is 14.3 Å². The molecular weight excluding hydrogens is 318 g/mol. The van der Waals surface area contributed by atoms with Crippen molar-refractivity contribution in [3.8, 4) is 5.75 Å². The Balaban J connectivity index is 2.67. The zero-order valence-electron chi connectivity index (χ0n) is 14.5. The van der Waals surface area contributed by atoms with Crippen LogP contribution in [-0.4, -0.2) is 25.6 Å². The molecule has 2 aromatic rings. The first kappa shape index (κ1) is 18.3. The van der Waals surface area contributed by atoms with E-state index in [0.717, 1.165) is 5.56 Å². The minimum Gasteiger partial charge on any atom is -0.497 e. The van der Waals surface area contributed by atoms with Crippen molar-refractivity contribution in [1.82, 2.24) is 5.32 Å². The number of esters is 1. The van der Waals surface area contributed by atoms with Gasteiger partial charge in [0.05, 0.1) is 25.0 Å². The van der Waals surface area contributed by atoms with Crippen LogP contribution in [0.2, 0.25) is 0 Å². The van der Waals surface area contributed by atoms with Gasteiger partial charge in [-0.2, -0.15) is 0 Å². The molecule has 0 aromatic heterocycles. The Morgan fingerprint density at radius 1 is 0.960 bits per heavy atom. The molecule has 0 atom stereocenters. The van der Waals surface area contributed by atoms with E-state index < -0.39 is 5.97 Å². The molecule has 0 aliphatic heterocycles. The number of rotatable bonds is 6. The Labute approximate surface area is 147 Å². The zero-order valence-corrected chi connectivity index (χ0v) is 14.5. The highest BCUT2D eigenvalue weighted by Crippen LogP contribution is 2.27. The van der Waals surface area contributed by atoms with Gasteiger partial charge in [0.15, 0.2) is 0 Å². The molecule has 0 aliphatic carbocycles. The number of amides is 1. The molecule has 1 amide bonds. The summed E-state index contributed by atoms with van der Waals surface area (Å²) in [5.74, 6) is -0.0952. The molecule has 0 saturated heterocycles. The molecule has 0 fully saturated rings. The monoisotopic (exact) mass is 339 g/mol. The lowest BCUT2D eigenvalue weighted by molar-refractivity contribution is -0.136. The minimum atomic E-state index is -0.500. The highest BCUT2D eigenvalue weighted by atomic mass is 16.5. The number of nitrogens with one attached hydrogen (secondary N) is 1. The highest BCUT2D eigenvalue weighted by Gasteiger charge is 2.21. The van der Waals surface area contributed by atoms with Gasteiger partial charge in [0, 0.05) is 6.92 Å². The van der Waals surface area contributed by atoms with Crippen molar-refractivity contribution in [2.75, 3.05) is 13.7 Å². The quantitative estimate of drug-likeness (QED) is 0.498. The fourth-order valence-electron chi connectivity index (χ4n) is 2.39. The first-order valence-corrected chi connectivity index (χ1v) is 7.95. The van der Waals surface area contributed by atoms with Gasteiger partial charge < -0.3 is 14.8 Å². The van der Waals surface area contributed by atoms with E-state index in [2.05, 4.69) is 5.32 Å². The Bertz CT molecular complexity index is 764. The standard InChI is InChI=1S/C20H21NO4/c1-4-25-20(23)18(15-10-12-17(24-3)13-11-15)19(21-14(2)22)16-8-6-5-7-9-16/h5-13H,4H2,1-3H3,(H,21,22)/b19-18+. The van der Waals surface area contributed by atoms with Crippen LogP contribution >= 0.6 is 0 Å². The third-order valence-corrected chi connectivity index (χ3v) is 3.47. The topological polar surface area (TPSA) is 64.6 Å². The van der Waals surface area contributed by atoms with Crippen LogP contribution in [0.15, 0.2) is 54.6 Å². The van der Waals surface area contributed by atoms with Crippen LogP contribution in [0.5, 0.6) is 5.75 Å². The molecule has 0 saturated carbocycles. The summed E-state index contributed by atoms with van der Waals surface area (Å²) in [4.78, 5) is 24.4. The van der Waals surface area contributed by atoms with E-state index in [0.29, 0.717) is 22.6 Å². The minimum absolute atomic E-state index is 0.237. The molecule has 0 heterocycles. The SMILES string of the molecule is CCOC(=O)/C(=C(/NC(C)=O)c1ccccc1)c1ccc(OC)cc1. The fraction of sp³-hybridized carbons (Fsp3) is 0.200. The van der Waals surface area contributed by atoms with Gasteiger partial charge in [-0.3, -0.25) is 4.79 Å². The molecule has 5 heteroatoms. The Hall–Kier alpha value is -3.08. The van der Waals surface area contributed by atoms with Crippen LogP contribution < -0.4 is 10.1 Å². The average Bonchev–Trinajstić information content (AvgIpc) is 2.62. The van der Waals surface area contributed by atoms with E-state index in [4.69, 9.17) is 9.47 Å². The molecule has 130 valence electrons. The summed E-state index contributed by atoms with van der Waals surface area (Å²) in [6.07, 6.45) is 0. The Kier molecular flexibility index (Phi) is 6.34. The summed E-state index contributed by atoms with van der Waals surface area (Å²) in [5.41, 5.74) is 2.06. The van der Waals surface area contributed by atoms with Crippen LogP contribution in [0, 0.1) is 0 Å². The lowest BCUT2D eigenvalue weighted by Gasteiger charge is -2.16. The van der Waals surface area contributed by atoms with Crippen LogP contribution in [0.25, 0.3) is 11.3 Å². The largest absolute Gasteiger partial charge is 0.497 e. The first-order chi connectivity index (χ1) is 12.1. The van der Waals surface area contributed by atoms with Crippen LogP contribution in [0.3, 0.4) is 0 Å². The van der Waals surface area contributed by atoms with Crippen LogP contribution in [0.4, 0.5) is 0 Å². The highest BCUT2D eigenvalue weighted by molar-refractivity contribution is 6.25. The lowest BCUT2D eigenvalue weighted by Crippen LogP contribution is -2.22. The molecule has 5 nitrogen and oxygen atoms in total. The summed E-state index contributed by atoms with van der Waals surface area (Å²) in [7, 11) is 1.57. The van der Waals surface area contributed by atoms with Crippen molar-refractivity contribution >= 4 is 23.1 Å². The molecule has 1 N–H and O–H groups in total. The van der Waals surface area contributed by atoms with E-state index in [-0.39, 0.29) is 12.5 Å². The van der Waals surface area contributed by atoms with E-state index >= 15 is 0 Å². The normalized spacial score (nSPS) is 11.3. The van der Waals surface area contributed by atoms with Crippen LogP contribution in [0.1, 0.15) is 25.0 Å². The molecule has 2 rings (SSSR count). The predicted molar refractivity (Wildman–Crippen MR) is 96.7 cm³/mol. The molecule has 0 unspecified atom stereocenters. The zero-order chi connectivity index (χ0) is 18.2. The maximum Gasteiger partial charge on any atom is 0.340 e. The summed E-state index contributed by atoms with van der Waals surface area (Å²) in [6, 6.07) is 16.2. The Morgan fingerprint density at radius 2 is 1.60 bits per heavy atom. The maximum absolute atomic E-state index is 12.6. The van der Waals surface area contributed by atoms with Gasteiger partial charge in [0.25, 0.3) is 0 Å². The summed E-state index contributed by atoms with van der Waals surface area (Å²) in [6.45, 7) is 3.38. The second-order valence-corrected chi connectivity index (χ2v) is 5.25. The average molecular weight is 339 g/mol. The fourth-order valence-corrected chi connectivity index (χ4v) is 2.39. The number of carbonyl (C=O) groups excluding carboxylic acids is 2. The second kappa shape index (κ2) is 8.68. The molecule has 0 radical (unpaired) electrons. The molecule has 0 spiro atoms. The summed E-state index contributed by atoms with van der Waals surface area (Å²) >= 11 is 0. The van der Waals surface area contributed by atoms with Gasteiger partial charge in [0.1, 0.15) is 5.75 Å². The van der Waals surface area contributed by atoms with E-state index in [9.17, 15) is 9.59 Å². The van der Waals surface area contributed by atoms with E-state index in [1.807, 2.05) is 30.3 Å². The lowest BCUT2D eigenvalue weighted by atomic mass is 9.99. The first-order valence-electron chi connectivity index (χ1n) is 7.95. The van der Waals surface area contributed by atoms with Crippen molar-refractivity contribution in [3.05, 3.63) is 65.7 Å². The van der Waals surface area contributed by atoms with Gasteiger partial charge in [-0.05, 0) is 30.2 Å². The smallest absolute Gasteiger partial charge is 0.340 e. The van der Waals surface area contributed by atoms with Gasteiger partial charge >= 0.3 is 5.97 Å². The molecule has 0 bridgehead atoms. The van der Waals surface area contributed by atoms with Gasteiger partial charge in [0.2, 0.25) is 5.91 Å². The summed E-state index contributed by atoms with van der Waals surface area (Å²) in [5, 5.41) is 2.77. The van der Waals surface area contributed by atoms with E-state index in [1.54, 1.807) is 38.3 Å². The third-order valence-electron chi connectivity index (χ3n) is 3.47. The number of hydrogen-bond donors (Lipinski definition) is 1. The van der Waals surface area contributed by atoms with Crippen molar-refractivity contribution in [1.29, 1.82) is 0 Å². The summed E-state index contributed by atoms with van der Waals surface area (Å²) < 4.78 is 10.4. The number of benzene rings is 2. The number of carbonyl (C=O) groups is 2. The van der Waals surface area contributed by atoms with E-state index in [1.165, 1.54) is 6.92 Å².